The van der Waals surface area contributed by atoms with Crippen LogP contribution in [0.25, 0.3) is 0 Å². The predicted octanol–water partition coefficient (Wildman–Crippen LogP) is 5.89. The van der Waals surface area contributed by atoms with Crippen molar-refractivity contribution >= 4 is 41.5 Å². The van der Waals surface area contributed by atoms with Crippen LogP contribution in [-0.2, 0) is 59.1 Å². The molecule has 2 N–H and O–H groups in total. The second-order valence-electron chi connectivity index (χ2n) is 15.7. The third kappa shape index (κ3) is 18.3. The van der Waals surface area contributed by atoms with Gasteiger partial charge in [0, 0.05) is 18.4 Å². The van der Waals surface area contributed by atoms with Crippen molar-refractivity contribution in [1.29, 1.82) is 0 Å². The topological polar surface area (TPSA) is 180 Å². The Balaban J connectivity index is 2.37. The number of nitrogens with one attached hydrogen (secondary N) is 2. The summed E-state index contributed by atoms with van der Waals surface area (Å²) in [5.41, 5.74) is -0.508. The summed E-state index contributed by atoms with van der Waals surface area (Å²) in [6.45, 7) is 15.4. The first-order valence-corrected chi connectivity index (χ1v) is 18.8. The fourth-order valence-corrected chi connectivity index (χ4v) is 5.47. The molecule has 0 aromatic heterocycles. The minimum Gasteiger partial charge on any atom is -0.463 e. The average Bonchev–Trinajstić information content (AvgIpc) is 3.09. The van der Waals surface area contributed by atoms with Crippen molar-refractivity contribution in [3.8, 4) is 0 Å². The second kappa shape index (κ2) is 22.3. The van der Waals surface area contributed by atoms with E-state index in [9.17, 15) is 33.6 Å². The van der Waals surface area contributed by atoms with Crippen molar-refractivity contribution in [2.75, 3.05) is 6.61 Å². The quantitative estimate of drug-likeness (QED) is 0.0930. The first-order chi connectivity index (χ1) is 26.2. The first-order valence-electron chi connectivity index (χ1n) is 18.8. The number of hydrogen-bond donors (Lipinski definition) is 2. The van der Waals surface area contributed by atoms with Crippen LogP contribution in [0.3, 0.4) is 0 Å². The Hall–Kier alpha value is -5.33. The van der Waals surface area contributed by atoms with Gasteiger partial charge >= 0.3 is 23.9 Å². The predicted molar refractivity (Wildman–Crippen MR) is 208 cm³/mol. The summed E-state index contributed by atoms with van der Waals surface area (Å²) < 4.78 is 21.2. The zero-order valence-electron chi connectivity index (χ0n) is 34.0. The number of esters is 4. The molecule has 13 heteroatoms. The van der Waals surface area contributed by atoms with E-state index in [1.54, 1.807) is 117 Å². The maximum atomic E-state index is 14.2. The van der Waals surface area contributed by atoms with Crippen LogP contribution in [0.15, 0.2) is 72.8 Å². The molecule has 4 atom stereocenters. The Bertz CT molecular complexity index is 1660. The molecule has 0 heterocycles. The number of carbonyl (C=O) groups excluding carboxylic acids is 7. The molecule has 2 aromatic rings. The molecular formula is C43H58N2O11. The van der Waals surface area contributed by atoms with Crippen molar-refractivity contribution in [1.82, 2.24) is 10.6 Å². The van der Waals surface area contributed by atoms with Gasteiger partial charge < -0.3 is 29.6 Å². The lowest BCUT2D eigenvalue weighted by molar-refractivity contribution is -0.159. The molecule has 0 unspecified atom stereocenters. The van der Waals surface area contributed by atoms with Crippen LogP contribution >= 0.6 is 0 Å². The highest BCUT2D eigenvalue weighted by Gasteiger charge is 2.35. The lowest BCUT2D eigenvalue weighted by Crippen LogP contribution is -2.44. The van der Waals surface area contributed by atoms with E-state index in [4.69, 9.17) is 18.9 Å². The number of Topliss-reactive ketones (excluding diaryl/α,β-unsaturated/α-hetero) is 1. The number of hydrogen-bond acceptors (Lipinski definition) is 11. The minimum atomic E-state index is -1.26. The van der Waals surface area contributed by atoms with E-state index in [1.807, 2.05) is 6.07 Å². The summed E-state index contributed by atoms with van der Waals surface area (Å²) in [5.74, 6) is -7.16. The maximum absolute atomic E-state index is 14.2. The van der Waals surface area contributed by atoms with Gasteiger partial charge in [0.2, 0.25) is 11.8 Å². The Morgan fingerprint density at radius 1 is 0.661 bits per heavy atom. The molecule has 0 radical (unpaired) electrons. The highest BCUT2D eigenvalue weighted by Crippen LogP contribution is 2.25. The van der Waals surface area contributed by atoms with Crippen LogP contribution < -0.4 is 10.6 Å². The van der Waals surface area contributed by atoms with Gasteiger partial charge in [-0.25, -0.2) is 4.79 Å². The molecule has 13 nitrogen and oxygen atoms in total. The molecule has 2 amide bonds. The van der Waals surface area contributed by atoms with Crippen LogP contribution in [0.1, 0.15) is 105 Å². The van der Waals surface area contributed by atoms with E-state index >= 15 is 0 Å². The third-order valence-corrected chi connectivity index (χ3v) is 8.05. The fraction of sp³-hybridized carbons (Fsp3) is 0.512. The van der Waals surface area contributed by atoms with E-state index in [2.05, 4.69) is 10.6 Å². The molecule has 0 bridgehead atoms. The van der Waals surface area contributed by atoms with Crippen molar-refractivity contribution in [3.05, 3.63) is 83.9 Å². The standard InChI is InChI=1S/C43H58N2O11/c1-10-53-35(47)22-21-32(25-38(50)56-43(7,8)9)44-41(52)33(28(2)3)26-34(46)39(30-19-15-12-16-20-30)45-40(51)31(24-37(49)55-42(4,5)6)23-36(48)54-27-29-17-13-11-14-18-29/h11-22,28,31-33,39H,10,23-27H2,1-9H3,(H,44,52)(H,45,51)/b22-21+/t31-,32+,33-,39-/m0/s1. The minimum absolute atomic E-state index is 0.0402. The van der Waals surface area contributed by atoms with Gasteiger partial charge in [0.15, 0.2) is 5.78 Å². The Morgan fingerprint density at radius 3 is 1.73 bits per heavy atom. The Kier molecular flexibility index (Phi) is 18.6. The highest BCUT2D eigenvalue weighted by molar-refractivity contribution is 5.95. The maximum Gasteiger partial charge on any atom is 0.330 e. The number of ether oxygens (including phenoxy) is 4. The summed E-state index contributed by atoms with van der Waals surface area (Å²) in [6, 6.07) is 15.1. The molecule has 0 saturated carbocycles. The lowest BCUT2D eigenvalue weighted by Gasteiger charge is -2.27. The van der Waals surface area contributed by atoms with E-state index in [0.717, 1.165) is 11.6 Å². The van der Waals surface area contributed by atoms with Gasteiger partial charge in [-0.3, -0.25) is 28.8 Å². The van der Waals surface area contributed by atoms with E-state index in [1.165, 1.54) is 6.08 Å². The van der Waals surface area contributed by atoms with Gasteiger partial charge in [-0.05, 0) is 65.5 Å². The average molecular weight is 779 g/mol. The number of ketones is 1. The summed E-state index contributed by atoms with van der Waals surface area (Å²) in [5, 5.41) is 5.50. The molecule has 2 aromatic carbocycles. The van der Waals surface area contributed by atoms with Gasteiger partial charge in [-0.15, -0.1) is 0 Å². The molecule has 0 aliphatic heterocycles. The van der Waals surface area contributed by atoms with Crippen LogP contribution in [0.2, 0.25) is 0 Å². The van der Waals surface area contributed by atoms with E-state index < -0.39 is 89.4 Å². The van der Waals surface area contributed by atoms with Crippen molar-refractivity contribution < 1.29 is 52.5 Å². The SMILES string of the molecule is CCOC(=O)/C=C/[C@H](CC(=O)OC(C)(C)C)NC(=O)[C@@H](CC(=O)[C@@H](NC(=O)[C@@H](CC(=O)OCc1ccccc1)CC(=O)OC(C)(C)C)c1ccccc1)C(C)C. The van der Waals surface area contributed by atoms with Crippen LogP contribution in [0.4, 0.5) is 0 Å². The van der Waals surface area contributed by atoms with E-state index in [0.29, 0.717) is 5.56 Å². The number of benzene rings is 2. The highest BCUT2D eigenvalue weighted by atomic mass is 16.6. The molecular weight excluding hydrogens is 720 g/mol. The fourth-order valence-electron chi connectivity index (χ4n) is 5.47. The van der Waals surface area contributed by atoms with Gasteiger partial charge in [-0.2, -0.15) is 0 Å². The van der Waals surface area contributed by atoms with Crippen molar-refractivity contribution in [2.24, 2.45) is 17.8 Å². The van der Waals surface area contributed by atoms with Gasteiger partial charge in [0.05, 0.1) is 37.8 Å². The lowest BCUT2D eigenvalue weighted by atomic mass is 9.86. The molecule has 56 heavy (non-hydrogen) atoms. The van der Waals surface area contributed by atoms with Crippen molar-refractivity contribution in [2.45, 2.75) is 118 Å². The summed E-state index contributed by atoms with van der Waals surface area (Å²) in [7, 11) is 0. The van der Waals surface area contributed by atoms with Gasteiger partial charge in [0.25, 0.3) is 0 Å². The Labute approximate surface area is 330 Å². The summed E-state index contributed by atoms with van der Waals surface area (Å²) in [4.78, 5) is 92.7. The molecule has 0 saturated heterocycles. The van der Waals surface area contributed by atoms with Crippen LogP contribution in [0.5, 0.6) is 0 Å². The van der Waals surface area contributed by atoms with Gasteiger partial charge in [0.1, 0.15) is 23.9 Å². The zero-order valence-corrected chi connectivity index (χ0v) is 34.0. The summed E-state index contributed by atoms with van der Waals surface area (Å²) in [6.07, 6.45) is 0.882. The molecule has 0 aliphatic carbocycles. The first kappa shape index (κ1) is 46.8. The van der Waals surface area contributed by atoms with Crippen LogP contribution in [0, 0.1) is 17.8 Å². The monoisotopic (exact) mass is 778 g/mol. The molecule has 0 aliphatic rings. The molecule has 0 spiro atoms. The number of rotatable bonds is 20. The van der Waals surface area contributed by atoms with Crippen molar-refractivity contribution in [3.63, 3.8) is 0 Å². The molecule has 306 valence electrons. The Morgan fingerprint density at radius 2 is 1.20 bits per heavy atom. The smallest absolute Gasteiger partial charge is 0.330 e. The number of carbonyl (C=O) groups is 7. The van der Waals surface area contributed by atoms with E-state index in [-0.39, 0.29) is 32.0 Å². The third-order valence-electron chi connectivity index (χ3n) is 8.05. The van der Waals surface area contributed by atoms with Crippen LogP contribution in [-0.4, -0.2) is 65.3 Å². The number of amides is 2. The zero-order chi connectivity index (χ0) is 42.1. The molecule has 2 rings (SSSR count). The second-order valence-corrected chi connectivity index (χ2v) is 15.7. The largest absolute Gasteiger partial charge is 0.463 e. The summed E-state index contributed by atoms with van der Waals surface area (Å²) >= 11 is 0. The normalized spacial score (nSPS) is 13.8. The molecule has 0 fully saturated rings. The van der Waals surface area contributed by atoms with Gasteiger partial charge in [-0.1, -0.05) is 80.6 Å².